The van der Waals surface area contributed by atoms with E-state index in [2.05, 4.69) is 5.32 Å². The number of benzene rings is 1. The molecule has 1 saturated carbocycles. The number of esters is 1. The fraction of sp³-hybridized carbons (Fsp3) is 0.615. The van der Waals surface area contributed by atoms with Gasteiger partial charge < -0.3 is 19.9 Å². The SMILES string of the molecule is COC(=O)[C@@](CCC1CCCCC1)(CC1=C[C@H](O)CCC1)NC(=O)OCc1ccccc1. The quantitative estimate of drug-likeness (QED) is 0.412. The monoisotopic (exact) mass is 443 g/mol. The summed E-state index contributed by atoms with van der Waals surface area (Å²) < 4.78 is 10.6. The van der Waals surface area contributed by atoms with Crippen LogP contribution in [0.1, 0.15) is 76.2 Å². The Hall–Kier alpha value is -2.34. The fourth-order valence-corrected chi connectivity index (χ4v) is 5.01. The smallest absolute Gasteiger partial charge is 0.408 e. The van der Waals surface area contributed by atoms with Gasteiger partial charge in [-0.1, -0.05) is 74.1 Å². The Morgan fingerprint density at radius 3 is 2.53 bits per heavy atom. The number of aliphatic hydroxyl groups is 1. The second kappa shape index (κ2) is 12.0. The van der Waals surface area contributed by atoms with Crippen molar-refractivity contribution >= 4 is 12.1 Å². The minimum Gasteiger partial charge on any atom is -0.467 e. The Labute approximate surface area is 191 Å². The van der Waals surface area contributed by atoms with Gasteiger partial charge in [-0.15, -0.1) is 0 Å². The molecular formula is C26H37NO5. The molecule has 3 rings (SSSR count). The number of amides is 1. The minimum absolute atomic E-state index is 0.133. The summed E-state index contributed by atoms with van der Waals surface area (Å²) in [6.07, 6.45) is 10.8. The van der Waals surface area contributed by atoms with E-state index < -0.39 is 23.7 Å². The van der Waals surface area contributed by atoms with Crippen LogP contribution in [0.4, 0.5) is 4.79 Å². The zero-order chi connectivity index (χ0) is 22.8. The first-order chi connectivity index (χ1) is 15.5. The molecule has 32 heavy (non-hydrogen) atoms. The van der Waals surface area contributed by atoms with E-state index in [4.69, 9.17) is 9.47 Å². The molecule has 1 aromatic carbocycles. The molecule has 0 unspecified atom stereocenters. The van der Waals surface area contributed by atoms with Crippen molar-refractivity contribution < 1.29 is 24.2 Å². The highest BCUT2D eigenvalue weighted by Crippen LogP contribution is 2.34. The molecule has 1 aromatic rings. The van der Waals surface area contributed by atoms with Gasteiger partial charge in [0.05, 0.1) is 13.2 Å². The molecule has 6 heteroatoms. The predicted molar refractivity (Wildman–Crippen MR) is 123 cm³/mol. The van der Waals surface area contributed by atoms with Crippen molar-refractivity contribution in [1.29, 1.82) is 0 Å². The van der Waals surface area contributed by atoms with Crippen molar-refractivity contribution in [2.75, 3.05) is 7.11 Å². The number of rotatable bonds is 9. The molecule has 2 aliphatic rings. The third kappa shape index (κ3) is 7.09. The molecule has 0 aromatic heterocycles. The maximum absolute atomic E-state index is 13.1. The summed E-state index contributed by atoms with van der Waals surface area (Å²) in [4.78, 5) is 25.9. The highest BCUT2D eigenvalue weighted by Gasteiger charge is 2.43. The molecule has 0 spiro atoms. The number of alkyl carbamates (subject to hydrolysis) is 1. The average molecular weight is 444 g/mol. The highest BCUT2D eigenvalue weighted by molar-refractivity contribution is 5.86. The zero-order valence-corrected chi connectivity index (χ0v) is 19.2. The van der Waals surface area contributed by atoms with Gasteiger partial charge in [-0.25, -0.2) is 9.59 Å². The second-order valence-corrected chi connectivity index (χ2v) is 9.26. The molecule has 1 amide bonds. The van der Waals surface area contributed by atoms with Gasteiger partial charge in [-0.3, -0.25) is 0 Å². The summed E-state index contributed by atoms with van der Waals surface area (Å²) in [7, 11) is 1.36. The van der Waals surface area contributed by atoms with E-state index in [-0.39, 0.29) is 6.61 Å². The van der Waals surface area contributed by atoms with Crippen LogP contribution >= 0.6 is 0 Å². The maximum atomic E-state index is 13.1. The van der Waals surface area contributed by atoms with Crippen LogP contribution in [0.25, 0.3) is 0 Å². The molecule has 0 bridgehead atoms. The van der Waals surface area contributed by atoms with E-state index in [9.17, 15) is 14.7 Å². The Bertz CT molecular complexity index is 772. The Morgan fingerprint density at radius 2 is 1.84 bits per heavy atom. The number of methoxy groups -OCH3 is 1. The van der Waals surface area contributed by atoms with E-state index in [1.165, 1.54) is 26.4 Å². The lowest BCUT2D eigenvalue weighted by atomic mass is 9.78. The van der Waals surface area contributed by atoms with Crippen molar-refractivity contribution in [1.82, 2.24) is 5.32 Å². The van der Waals surface area contributed by atoms with Crippen LogP contribution in [-0.4, -0.2) is 35.9 Å². The van der Waals surface area contributed by atoms with Gasteiger partial charge in [0.2, 0.25) is 0 Å². The van der Waals surface area contributed by atoms with Gasteiger partial charge in [0.1, 0.15) is 12.1 Å². The van der Waals surface area contributed by atoms with Gasteiger partial charge in [-0.05, 0) is 43.6 Å². The summed E-state index contributed by atoms with van der Waals surface area (Å²) in [5, 5.41) is 13.0. The molecular weight excluding hydrogens is 406 g/mol. The lowest BCUT2D eigenvalue weighted by Crippen LogP contribution is -2.55. The number of hydrogen-bond acceptors (Lipinski definition) is 5. The summed E-state index contributed by atoms with van der Waals surface area (Å²) in [6, 6.07) is 9.46. The number of ether oxygens (including phenoxy) is 2. The molecule has 2 aliphatic carbocycles. The predicted octanol–water partition coefficient (Wildman–Crippen LogP) is 5.05. The van der Waals surface area contributed by atoms with Gasteiger partial charge >= 0.3 is 12.1 Å². The van der Waals surface area contributed by atoms with Crippen LogP contribution in [0.3, 0.4) is 0 Å². The Morgan fingerprint density at radius 1 is 1.09 bits per heavy atom. The number of carbonyl (C=O) groups is 2. The standard InChI is InChI=1S/C26H37NO5/c1-31-24(29)26(16-15-20-9-4-2-5-10-20,18-22-13-8-14-23(28)17-22)27-25(30)32-19-21-11-6-3-7-12-21/h3,6-7,11-12,17,20,23,28H,2,4-5,8-10,13-16,18-19H2,1H3,(H,27,30)/t23-,26-/m1/s1. The normalized spacial score (nSPS) is 21.2. The first-order valence-electron chi connectivity index (χ1n) is 12.0. The van der Waals surface area contributed by atoms with Crippen LogP contribution in [0, 0.1) is 5.92 Å². The van der Waals surface area contributed by atoms with E-state index in [1.807, 2.05) is 36.4 Å². The Balaban J connectivity index is 1.75. The number of aliphatic hydroxyl groups excluding tert-OH is 1. The summed E-state index contributed by atoms with van der Waals surface area (Å²) in [5.41, 5.74) is 0.677. The van der Waals surface area contributed by atoms with E-state index in [1.54, 1.807) is 0 Å². The second-order valence-electron chi connectivity index (χ2n) is 9.26. The molecule has 2 atom stereocenters. The van der Waals surface area contributed by atoms with E-state index in [0.717, 1.165) is 49.7 Å². The van der Waals surface area contributed by atoms with Crippen LogP contribution in [0.5, 0.6) is 0 Å². The van der Waals surface area contributed by atoms with Crippen molar-refractivity contribution in [3.8, 4) is 0 Å². The Kier molecular flexibility index (Phi) is 9.15. The first kappa shape index (κ1) is 24.3. The van der Waals surface area contributed by atoms with Crippen LogP contribution in [0.2, 0.25) is 0 Å². The summed E-state index contributed by atoms with van der Waals surface area (Å²) >= 11 is 0. The molecule has 6 nitrogen and oxygen atoms in total. The average Bonchev–Trinajstić information content (AvgIpc) is 2.82. The van der Waals surface area contributed by atoms with Crippen molar-refractivity contribution in [3.05, 3.63) is 47.5 Å². The first-order valence-corrected chi connectivity index (χ1v) is 12.0. The lowest BCUT2D eigenvalue weighted by Gasteiger charge is -2.35. The molecule has 0 aliphatic heterocycles. The van der Waals surface area contributed by atoms with Crippen molar-refractivity contribution in [2.24, 2.45) is 5.92 Å². The molecule has 0 radical (unpaired) electrons. The van der Waals surface area contributed by atoms with E-state index in [0.29, 0.717) is 18.8 Å². The maximum Gasteiger partial charge on any atom is 0.408 e. The molecule has 176 valence electrons. The number of hydrogen-bond donors (Lipinski definition) is 2. The van der Waals surface area contributed by atoms with Gasteiger partial charge in [0, 0.05) is 6.42 Å². The van der Waals surface area contributed by atoms with Crippen LogP contribution in [-0.2, 0) is 20.9 Å². The topological polar surface area (TPSA) is 84.9 Å². The summed E-state index contributed by atoms with van der Waals surface area (Å²) in [6.45, 7) is 0.133. The largest absolute Gasteiger partial charge is 0.467 e. The van der Waals surface area contributed by atoms with Gasteiger partial charge in [0.15, 0.2) is 0 Å². The summed E-state index contributed by atoms with van der Waals surface area (Å²) in [5.74, 6) is 0.103. The van der Waals surface area contributed by atoms with Crippen molar-refractivity contribution in [3.63, 3.8) is 0 Å². The third-order valence-electron chi connectivity index (χ3n) is 6.79. The lowest BCUT2D eigenvalue weighted by molar-refractivity contribution is -0.149. The van der Waals surface area contributed by atoms with Crippen molar-refractivity contribution in [2.45, 2.75) is 88.9 Å². The number of carbonyl (C=O) groups excluding carboxylic acids is 2. The fourth-order valence-electron chi connectivity index (χ4n) is 5.01. The molecule has 2 N–H and O–H groups in total. The van der Waals surface area contributed by atoms with Gasteiger partial charge in [-0.2, -0.15) is 0 Å². The van der Waals surface area contributed by atoms with Crippen LogP contribution in [0.15, 0.2) is 42.0 Å². The van der Waals surface area contributed by atoms with Gasteiger partial charge in [0.25, 0.3) is 0 Å². The van der Waals surface area contributed by atoms with Crippen LogP contribution < -0.4 is 5.32 Å². The highest BCUT2D eigenvalue weighted by atomic mass is 16.6. The molecule has 0 saturated heterocycles. The zero-order valence-electron chi connectivity index (χ0n) is 19.2. The molecule has 0 heterocycles. The third-order valence-corrected chi connectivity index (χ3v) is 6.79. The van der Waals surface area contributed by atoms with E-state index >= 15 is 0 Å². The number of nitrogens with one attached hydrogen (secondary N) is 1. The minimum atomic E-state index is -1.19. The molecule has 1 fully saturated rings.